The molecule has 0 aliphatic rings. The second kappa shape index (κ2) is 4.64. The maximum atomic E-state index is 12.5. The van der Waals surface area contributed by atoms with Crippen LogP contribution in [0.2, 0.25) is 0 Å². The Morgan fingerprint density at radius 1 is 0.944 bits per heavy atom. The van der Waals surface area contributed by atoms with Crippen LogP contribution in [0.5, 0.6) is 0 Å². The predicted molar refractivity (Wildman–Crippen MR) is 53.6 cm³/mol. The summed E-state index contributed by atoms with van der Waals surface area (Å²) in [4.78, 5) is 0. The Kier molecular flexibility index (Phi) is 3.75. The van der Waals surface area contributed by atoms with E-state index in [0.29, 0.717) is 12.1 Å². The van der Waals surface area contributed by atoms with Crippen molar-refractivity contribution in [2.24, 2.45) is 5.73 Å². The van der Waals surface area contributed by atoms with Crippen molar-refractivity contribution in [2.75, 3.05) is 0 Å². The Morgan fingerprint density at radius 3 is 1.61 bits per heavy atom. The van der Waals surface area contributed by atoms with Crippen LogP contribution in [-0.2, 0) is 12.4 Å². The fourth-order valence-electron chi connectivity index (χ4n) is 1.31. The summed E-state index contributed by atoms with van der Waals surface area (Å²) in [5, 5.41) is 0. The van der Waals surface area contributed by atoms with Crippen LogP contribution in [0.1, 0.15) is 22.7 Å². The van der Waals surface area contributed by atoms with Gasteiger partial charge in [0, 0.05) is 6.04 Å². The van der Waals surface area contributed by atoms with Crippen molar-refractivity contribution in [2.45, 2.75) is 18.4 Å². The molecule has 0 aliphatic heterocycles. The molecule has 0 heterocycles. The predicted octanol–water partition coefficient (Wildman–Crippen LogP) is 3.91. The number of alkyl halides is 6. The summed E-state index contributed by atoms with van der Waals surface area (Å²) >= 11 is 0. The topological polar surface area (TPSA) is 26.0 Å². The number of benzene rings is 1. The van der Waals surface area contributed by atoms with Crippen LogP contribution >= 0.6 is 0 Å². The zero-order valence-corrected chi connectivity index (χ0v) is 8.94. The van der Waals surface area contributed by atoms with E-state index >= 15 is 0 Å². The molecule has 1 atom stereocenters. The Hall–Kier alpha value is -1.50. The SMILES string of the molecule is C=C[C@H](N)c1cc(C(F)(F)F)cc(C(F)(F)F)c1. The normalized spacial score (nSPS) is 14.4. The van der Waals surface area contributed by atoms with Gasteiger partial charge < -0.3 is 5.73 Å². The number of hydrogen-bond acceptors (Lipinski definition) is 1. The van der Waals surface area contributed by atoms with Crippen molar-refractivity contribution in [3.8, 4) is 0 Å². The number of halogens is 6. The second-order valence-electron chi connectivity index (χ2n) is 3.60. The second-order valence-corrected chi connectivity index (χ2v) is 3.60. The van der Waals surface area contributed by atoms with Gasteiger partial charge in [0.05, 0.1) is 11.1 Å². The third-order valence-electron chi connectivity index (χ3n) is 2.25. The minimum Gasteiger partial charge on any atom is -0.321 e. The monoisotopic (exact) mass is 269 g/mol. The standard InChI is InChI=1S/C11H9F6N/c1-2-9(18)6-3-7(10(12,13)14)5-8(4-6)11(15,16)17/h2-5,9H,1,18H2/t9-/m0/s1. The van der Waals surface area contributed by atoms with Crippen molar-refractivity contribution >= 4 is 0 Å². The molecule has 0 aromatic heterocycles. The van der Waals surface area contributed by atoms with Crippen molar-refractivity contribution in [1.29, 1.82) is 0 Å². The van der Waals surface area contributed by atoms with E-state index in [-0.39, 0.29) is 11.6 Å². The van der Waals surface area contributed by atoms with E-state index in [1.165, 1.54) is 0 Å². The summed E-state index contributed by atoms with van der Waals surface area (Å²) in [6.45, 7) is 3.23. The molecule has 0 radical (unpaired) electrons. The highest BCUT2D eigenvalue weighted by Crippen LogP contribution is 2.37. The van der Waals surface area contributed by atoms with Crippen LogP contribution in [0.4, 0.5) is 26.3 Å². The molecule has 0 saturated heterocycles. The molecule has 0 fully saturated rings. The first-order valence-electron chi connectivity index (χ1n) is 4.73. The largest absolute Gasteiger partial charge is 0.416 e. The summed E-state index contributed by atoms with van der Waals surface area (Å²) in [5.41, 5.74) is 2.31. The van der Waals surface area contributed by atoms with Crippen LogP contribution in [0, 0.1) is 0 Å². The molecule has 0 aliphatic carbocycles. The van der Waals surface area contributed by atoms with Crippen LogP contribution in [-0.4, -0.2) is 0 Å². The maximum Gasteiger partial charge on any atom is 0.416 e. The molecule has 100 valence electrons. The van der Waals surface area contributed by atoms with E-state index in [9.17, 15) is 26.3 Å². The van der Waals surface area contributed by atoms with Crippen LogP contribution in [0.15, 0.2) is 30.9 Å². The first-order valence-corrected chi connectivity index (χ1v) is 4.73. The molecule has 0 amide bonds. The summed E-state index contributed by atoms with van der Waals surface area (Å²) in [6.07, 6.45) is -8.66. The highest BCUT2D eigenvalue weighted by atomic mass is 19.4. The lowest BCUT2D eigenvalue weighted by Gasteiger charge is -2.16. The average molecular weight is 269 g/mol. The molecule has 7 heteroatoms. The van der Waals surface area contributed by atoms with Gasteiger partial charge in [0.1, 0.15) is 0 Å². The lowest BCUT2D eigenvalue weighted by molar-refractivity contribution is -0.143. The summed E-state index contributed by atoms with van der Waals surface area (Å²) in [6, 6.07) is 0.135. The minimum atomic E-state index is -4.86. The lowest BCUT2D eigenvalue weighted by atomic mass is 10.00. The Labute approximate surface area is 98.9 Å². The molecule has 0 unspecified atom stereocenters. The Balaban J connectivity index is 3.43. The number of rotatable bonds is 2. The van der Waals surface area contributed by atoms with E-state index < -0.39 is 29.5 Å². The third-order valence-corrected chi connectivity index (χ3v) is 2.25. The summed E-state index contributed by atoms with van der Waals surface area (Å²) in [7, 11) is 0. The van der Waals surface area contributed by atoms with Crippen LogP contribution < -0.4 is 5.73 Å². The summed E-state index contributed by atoms with van der Waals surface area (Å²) < 4.78 is 74.8. The molecule has 0 spiro atoms. The number of nitrogens with two attached hydrogens (primary N) is 1. The van der Waals surface area contributed by atoms with Gasteiger partial charge in [0.15, 0.2) is 0 Å². The fraction of sp³-hybridized carbons (Fsp3) is 0.273. The molecule has 2 N–H and O–H groups in total. The van der Waals surface area contributed by atoms with Gasteiger partial charge in [-0.15, -0.1) is 6.58 Å². The van der Waals surface area contributed by atoms with Gasteiger partial charge in [0.25, 0.3) is 0 Å². The molecule has 18 heavy (non-hydrogen) atoms. The molecular weight excluding hydrogens is 260 g/mol. The molecule has 0 bridgehead atoms. The first-order chi connectivity index (χ1) is 8.05. The van der Waals surface area contributed by atoms with Gasteiger partial charge in [-0.25, -0.2) is 0 Å². The Bertz CT molecular complexity index is 414. The minimum absolute atomic E-state index is 0.0549. The quantitative estimate of drug-likeness (QED) is 0.639. The highest BCUT2D eigenvalue weighted by Gasteiger charge is 2.37. The van der Waals surface area contributed by atoms with E-state index in [0.717, 1.165) is 6.08 Å². The maximum absolute atomic E-state index is 12.5. The van der Waals surface area contributed by atoms with Gasteiger partial charge in [-0.2, -0.15) is 26.3 Å². The summed E-state index contributed by atoms with van der Waals surface area (Å²) in [5.74, 6) is 0. The lowest BCUT2D eigenvalue weighted by Crippen LogP contribution is -2.15. The molecular formula is C11H9F6N. The van der Waals surface area contributed by atoms with Crippen LogP contribution in [0.25, 0.3) is 0 Å². The zero-order valence-electron chi connectivity index (χ0n) is 8.94. The van der Waals surface area contributed by atoms with Gasteiger partial charge in [-0.05, 0) is 23.8 Å². The van der Waals surface area contributed by atoms with Gasteiger partial charge in [-0.1, -0.05) is 6.08 Å². The molecule has 1 aromatic rings. The fourth-order valence-corrected chi connectivity index (χ4v) is 1.31. The van der Waals surface area contributed by atoms with Crippen molar-refractivity contribution in [1.82, 2.24) is 0 Å². The van der Waals surface area contributed by atoms with Crippen molar-refractivity contribution in [3.63, 3.8) is 0 Å². The van der Waals surface area contributed by atoms with E-state index in [1.54, 1.807) is 0 Å². The Morgan fingerprint density at radius 2 is 1.33 bits per heavy atom. The average Bonchev–Trinajstić information content (AvgIpc) is 2.25. The first kappa shape index (κ1) is 14.6. The van der Waals surface area contributed by atoms with E-state index in [4.69, 9.17) is 5.73 Å². The van der Waals surface area contributed by atoms with Crippen LogP contribution in [0.3, 0.4) is 0 Å². The smallest absolute Gasteiger partial charge is 0.321 e. The number of hydrogen-bond donors (Lipinski definition) is 1. The van der Waals surface area contributed by atoms with Gasteiger partial charge in [0.2, 0.25) is 0 Å². The van der Waals surface area contributed by atoms with E-state index in [1.807, 2.05) is 0 Å². The van der Waals surface area contributed by atoms with Gasteiger partial charge >= 0.3 is 12.4 Å². The molecule has 0 saturated carbocycles. The molecule has 1 nitrogen and oxygen atoms in total. The molecule has 1 aromatic carbocycles. The highest BCUT2D eigenvalue weighted by molar-refractivity contribution is 5.36. The third kappa shape index (κ3) is 3.25. The van der Waals surface area contributed by atoms with E-state index in [2.05, 4.69) is 6.58 Å². The van der Waals surface area contributed by atoms with Gasteiger partial charge in [-0.3, -0.25) is 0 Å². The van der Waals surface area contributed by atoms with Crippen molar-refractivity contribution in [3.05, 3.63) is 47.5 Å². The molecule has 1 rings (SSSR count). The van der Waals surface area contributed by atoms with Crippen molar-refractivity contribution < 1.29 is 26.3 Å². The zero-order chi connectivity index (χ0) is 14.1.